The zero-order valence-electron chi connectivity index (χ0n) is 14.0. The molecule has 0 saturated heterocycles. The largest absolute Gasteiger partial charge is 0.326 e. The molecule has 2 aromatic carbocycles. The molecule has 0 spiro atoms. The monoisotopic (exact) mass is 316 g/mol. The van der Waals surface area contributed by atoms with Gasteiger partial charge in [-0.2, -0.15) is 4.98 Å². The number of fused-ring (bicyclic) bond motifs is 1. The van der Waals surface area contributed by atoms with Crippen LogP contribution < -0.4 is 10.2 Å². The SMILES string of the molecule is Cc1ccc(Nc2nccc(N3CCc4ccccc43)n2)cc1C. The van der Waals surface area contributed by atoms with E-state index in [1.54, 1.807) is 0 Å². The summed E-state index contributed by atoms with van der Waals surface area (Å²) in [5, 5.41) is 3.31. The van der Waals surface area contributed by atoms with Crippen LogP contribution in [0.4, 0.5) is 23.1 Å². The quantitative estimate of drug-likeness (QED) is 0.770. The van der Waals surface area contributed by atoms with Crippen molar-refractivity contribution in [3.8, 4) is 0 Å². The fourth-order valence-corrected chi connectivity index (χ4v) is 3.08. The molecular weight excluding hydrogens is 296 g/mol. The van der Waals surface area contributed by atoms with E-state index in [-0.39, 0.29) is 0 Å². The molecule has 0 amide bonds. The normalized spacial score (nSPS) is 13.0. The smallest absolute Gasteiger partial charge is 0.229 e. The molecular formula is C20H20N4. The summed E-state index contributed by atoms with van der Waals surface area (Å²) in [4.78, 5) is 11.3. The van der Waals surface area contributed by atoms with Gasteiger partial charge in [0.25, 0.3) is 0 Å². The number of nitrogens with one attached hydrogen (secondary N) is 1. The van der Waals surface area contributed by atoms with Crippen molar-refractivity contribution in [1.29, 1.82) is 0 Å². The van der Waals surface area contributed by atoms with Crippen LogP contribution in [0.3, 0.4) is 0 Å². The van der Waals surface area contributed by atoms with E-state index in [2.05, 4.69) is 71.5 Å². The summed E-state index contributed by atoms with van der Waals surface area (Å²) in [5.41, 5.74) is 6.17. The van der Waals surface area contributed by atoms with Crippen LogP contribution >= 0.6 is 0 Å². The zero-order valence-corrected chi connectivity index (χ0v) is 14.0. The van der Waals surface area contributed by atoms with E-state index < -0.39 is 0 Å². The van der Waals surface area contributed by atoms with Crippen molar-refractivity contribution in [2.24, 2.45) is 0 Å². The summed E-state index contributed by atoms with van der Waals surface area (Å²) in [6, 6.07) is 16.8. The van der Waals surface area contributed by atoms with Gasteiger partial charge in [-0.1, -0.05) is 24.3 Å². The van der Waals surface area contributed by atoms with Crippen molar-refractivity contribution in [1.82, 2.24) is 9.97 Å². The minimum Gasteiger partial charge on any atom is -0.326 e. The van der Waals surface area contributed by atoms with Gasteiger partial charge in [0.15, 0.2) is 0 Å². The zero-order chi connectivity index (χ0) is 16.5. The predicted octanol–water partition coefficient (Wildman–Crippen LogP) is 4.53. The van der Waals surface area contributed by atoms with Gasteiger partial charge in [-0.05, 0) is 61.2 Å². The summed E-state index contributed by atoms with van der Waals surface area (Å²) in [6.45, 7) is 5.18. The molecule has 1 aromatic heterocycles. The van der Waals surface area contributed by atoms with Crippen molar-refractivity contribution in [3.63, 3.8) is 0 Å². The molecule has 0 fully saturated rings. The average molecular weight is 316 g/mol. The second kappa shape index (κ2) is 5.96. The van der Waals surface area contributed by atoms with E-state index in [0.717, 1.165) is 24.5 Å². The molecule has 1 aliphatic rings. The molecule has 0 unspecified atom stereocenters. The van der Waals surface area contributed by atoms with Crippen molar-refractivity contribution in [3.05, 3.63) is 71.4 Å². The maximum atomic E-state index is 4.70. The van der Waals surface area contributed by atoms with Crippen molar-refractivity contribution >= 4 is 23.1 Å². The average Bonchev–Trinajstić information content (AvgIpc) is 3.03. The van der Waals surface area contributed by atoms with Crippen LogP contribution in [0.25, 0.3) is 0 Å². The molecule has 4 heteroatoms. The molecule has 0 saturated carbocycles. The highest BCUT2D eigenvalue weighted by atomic mass is 15.2. The Balaban J connectivity index is 1.61. The van der Waals surface area contributed by atoms with Gasteiger partial charge in [-0.15, -0.1) is 0 Å². The Hall–Kier alpha value is -2.88. The minimum atomic E-state index is 0.625. The lowest BCUT2D eigenvalue weighted by Crippen LogP contribution is -2.15. The van der Waals surface area contributed by atoms with Crippen LogP contribution in [-0.4, -0.2) is 16.5 Å². The number of rotatable bonds is 3. The van der Waals surface area contributed by atoms with Gasteiger partial charge in [-0.3, -0.25) is 0 Å². The second-order valence-electron chi connectivity index (χ2n) is 6.19. The molecule has 2 heterocycles. The lowest BCUT2D eigenvalue weighted by atomic mass is 10.1. The molecule has 120 valence electrons. The number of hydrogen-bond donors (Lipinski definition) is 1. The van der Waals surface area contributed by atoms with Crippen molar-refractivity contribution in [2.45, 2.75) is 20.3 Å². The lowest BCUT2D eigenvalue weighted by molar-refractivity contribution is 0.966. The fraction of sp³-hybridized carbons (Fsp3) is 0.200. The maximum Gasteiger partial charge on any atom is 0.229 e. The predicted molar refractivity (Wildman–Crippen MR) is 98.4 cm³/mol. The van der Waals surface area contributed by atoms with E-state index in [9.17, 15) is 0 Å². The fourth-order valence-electron chi connectivity index (χ4n) is 3.08. The number of aryl methyl sites for hydroxylation is 2. The first-order valence-electron chi connectivity index (χ1n) is 8.23. The molecule has 0 bridgehead atoms. The van der Waals surface area contributed by atoms with Gasteiger partial charge >= 0.3 is 0 Å². The Bertz CT molecular complexity index is 888. The molecule has 0 aliphatic carbocycles. The van der Waals surface area contributed by atoms with Crippen LogP contribution in [0.5, 0.6) is 0 Å². The number of hydrogen-bond acceptors (Lipinski definition) is 4. The second-order valence-corrected chi connectivity index (χ2v) is 6.19. The van der Waals surface area contributed by atoms with Crippen LogP contribution in [0, 0.1) is 13.8 Å². The summed E-state index contributed by atoms with van der Waals surface area (Å²) >= 11 is 0. The van der Waals surface area contributed by atoms with Crippen LogP contribution in [-0.2, 0) is 6.42 Å². The highest BCUT2D eigenvalue weighted by molar-refractivity contribution is 5.68. The summed E-state index contributed by atoms with van der Waals surface area (Å²) < 4.78 is 0. The highest BCUT2D eigenvalue weighted by Gasteiger charge is 2.20. The van der Waals surface area contributed by atoms with E-state index in [0.29, 0.717) is 5.95 Å². The van der Waals surface area contributed by atoms with Gasteiger partial charge in [0.2, 0.25) is 5.95 Å². The highest BCUT2D eigenvalue weighted by Crippen LogP contribution is 2.33. The Morgan fingerprint density at radius 1 is 1.00 bits per heavy atom. The lowest BCUT2D eigenvalue weighted by Gasteiger charge is -2.18. The third-order valence-electron chi connectivity index (χ3n) is 4.57. The van der Waals surface area contributed by atoms with Crippen LogP contribution in [0.2, 0.25) is 0 Å². The maximum absolute atomic E-state index is 4.70. The molecule has 0 atom stereocenters. The number of anilines is 4. The number of nitrogens with zero attached hydrogens (tertiary/aromatic N) is 3. The van der Waals surface area contributed by atoms with Crippen LogP contribution in [0.15, 0.2) is 54.7 Å². The molecule has 3 aromatic rings. The molecule has 0 radical (unpaired) electrons. The first-order chi connectivity index (χ1) is 11.7. The third kappa shape index (κ3) is 2.71. The topological polar surface area (TPSA) is 41.1 Å². The standard InChI is InChI=1S/C20H20N4/c1-14-7-8-17(13-15(14)2)22-20-21-11-9-19(23-20)24-12-10-16-5-3-4-6-18(16)24/h3-9,11,13H,10,12H2,1-2H3,(H,21,22,23). The Morgan fingerprint density at radius 3 is 2.75 bits per heavy atom. The first kappa shape index (κ1) is 14.7. The van der Waals surface area contributed by atoms with Crippen LogP contribution in [0.1, 0.15) is 16.7 Å². The Morgan fingerprint density at radius 2 is 1.88 bits per heavy atom. The van der Waals surface area contributed by atoms with Gasteiger partial charge in [0.05, 0.1) is 0 Å². The first-order valence-corrected chi connectivity index (χ1v) is 8.23. The number of aromatic nitrogens is 2. The van der Waals surface area contributed by atoms with Crippen molar-refractivity contribution < 1.29 is 0 Å². The van der Waals surface area contributed by atoms with E-state index in [1.165, 1.54) is 22.4 Å². The summed E-state index contributed by atoms with van der Waals surface area (Å²) in [6.07, 6.45) is 2.87. The summed E-state index contributed by atoms with van der Waals surface area (Å²) in [5.74, 6) is 1.56. The van der Waals surface area contributed by atoms with Gasteiger partial charge in [-0.25, -0.2) is 4.98 Å². The Labute approximate surface area is 142 Å². The van der Waals surface area contributed by atoms with Gasteiger partial charge in [0.1, 0.15) is 5.82 Å². The van der Waals surface area contributed by atoms with E-state index in [4.69, 9.17) is 4.98 Å². The molecule has 1 aliphatic heterocycles. The number of para-hydroxylation sites is 1. The molecule has 24 heavy (non-hydrogen) atoms. The van der Waals surface area contributed by atoms with Gasteiger partial charge in [0, 0.05) is 24.1 Å². The third-order valence-corrected chi connectivity index (χ3v) is 4.57. The molecule has 1 N–H and O–H groups in total. The van der Waals surface area contributed by atoms with Crippen molar-refractivity contribution in [2.75, 3.05) is 16.8 Å². The van der Waals surface area contributed by atoms with E-state index >= 15 is 0 Å². The molecule has 4 nitrogen and oxygen atoms in total. The number of benzene rings is 2. The van der Waals surface area contributed by atoms with E-state index in [1.807, 2.05) is 12.3 Å². The van der Waals surface area contributed by atoms with Gasteiger partial charge < -0.3 is 10.2 Å². The minimum absolute atomic E-state index is 0.625. The summed E-state index contributed by atoms with van der Waals surface area (Å²) in [7, 11) is 0. The molecule has 4 rings (SSSR count). The Kier molecular flexibility index (Phi) is 3.65.